The van der Waals surface area contributed by atoms with Gasteiger partial charge in [-0.05, 0) is 50.1 Å². The van der Waals surface area contributed by atoms with E-state index >= 15 is 0 Å². The number of benzene rings is 1. The van der Waals surface area contributed by atoms with Crippen LogP contribution in [0.3, 0.4) is 0 Å². The standard InChI is InChI=1S/C18H22FN3O2/c1-2-22-17(9-10-20-22)18(23)21-11-3-4-14(12-21)13-24-16-7-5-15(19)6-8-16/h5-10,14H,2-4,11-13H2,1H3/t14-/m1/s1. The third-order valence-corrected chi connectivity index (χ3v) is 4.34. The molecule has 0 unspecified atom stereocenters. The first-order valence-electron chi connectivity index (χ1n) is 8.37. The Morgan fingerprint density at radius 1 is 1.33 bits per heavy atom. The molecule has 3 rings (SSSR count). The van der Waals surface area contributed by atoms with Crippen LogP contribution in [0.4, 0.5) is 4.39 Å². The molecule has 0 saturated carbocycles. The molecular weight excluding hydrogens is 309 g/mol. The number of hydrogen-bond acceptors (Lipinski definition) is 3. The summed E-state index contributed by atoms with van der Waals surface area (Å²) >= 11 is 0. The molecule has 1 atom stereocenters. The summed E-state index contributed by atoms with van der Waals surface area (Å²) < 4.78 is 20.4. The molecular formula is C18H22FN3O2. The monoisotopic (exact) mass is 331 g/mol. The Morgan fingerprint density at radius 3 is 2.88 bits per heavy atom. The van der Waals surface area contributed by atoms with Gasteiger partial charge in [0.05, 0.1) is 6.61 Å². The summed E-state index contributed by atoms with van der Waals surface area (Å²) in [5.41, 5.74) is 0.637. The van der Waals surface area contributed by atoms with Crippen LogP contribution in [0, 0.1) is 11.7 Å². The fourth-order valence-corrected chi connectivity index (χ4v) is 3.06. The van der Waals surface area contributed by atoms with Gasteiger partial charge in [0.25, 0.3) is 5.91 Å². The molecule has 0 aliphatic carbocycles. The third-order valence-electron chi connectivity index (χ3n) is 4.34. The van der Waals surface area contributed by atoms with Crippen molar-refractivity contribution in [3.05, 3.63) is 48.0 Å². The molecule has 1 aliphatic heterocycles. The predicted octanol–water partition coefficient (Wildman–Crippen LogP) is 2.97. The predicted molar refractivity (Wildman–Crippen MR) is 88.4 cm³/mol. The number of amides is 1. The van der Waals surface area contributed by atoms with Crippen LogP contribution in [0.1, 0.15) is 30.3 Å². The van der Waals surface area contributed by atoms with Gasteiger partial charge in [0.2, 0.25) is 0 Å². The molecule has 1 aromatic heterocycles. The van der Waals surface area contributed by atoms with Gasteiger partial charge in [0.1, 0.15) is 17.3 Å². The largest absolute Gasteiger partial charge is 0.493 e. The van der Waals surface area contributed by atoms with Gasteiger partial charge in [-0.25, -0.2) is 4.39 Å². The molecule has 1 aromatic carbocycles. The summed E-state index contributed by atoms with van der Waals surface area (Å²) in [5.74, 6) is 0.694. The molecule has 0 bridgehead atoms. The van der Waals surface area contributed by atoms with Gasteiger partial charge in [-0.1, -0.05) is 0 Å². The fraction of sp³-hybridized carbons (Fsp3) is 0.444. The van der Waals surface area contributed by atoms with Crippen molar-refractivity contribution in [3.63, 3.8) is 0 Å². The lowest BCUT2D eigenvalue weighted by Crippen LogP contribution is -2.42. The van der Waals surface area contributed by atoms with E-state index in [9.17, 15) is 9.18 Å². The lowest BCUT2D eigenvalue weighted by Gasteiger charge is -2.32. The SMILES string of the molecule is CCn1nccc1C(=O)N1CCC[C@@H](COc2ccc(F)cc2)C1. The van der Waals surface area contributed by atoms with E-state index in [1.54, 1.807) is 29.1 Å². The molecule has 24 heavy (non-hydrogen) atoms. The minimum atomic E-state index is -0.274. The van der Waals surface area contributed by atoms with Crippen molar-refractivity contribution < 1.29 is 13.9 Å². The minimum Gasteiger partial charge on any atom is -0.493 e. The van der Waals surface area contributed by atoms with Gasteiger partial charge in [-0.3, -0.25) is 9.48 Å². The lowest BCUT2D eigenvalue weighted by molar-refractivity contribution is 0.0621. The van der Waals surface area contributed by atoms with Crippen LogP contribution in [0.5, 0.6) is 5.75 Å². The highest BCUT2D eigenvalue weighted by Crippen LogP contribution is 2.20. The van der Waals surface area contributed by atoms with Crippen LogP contribution in [-0.2, 0) is 6.54 Å². The number of aromatic nitrogens is 2. The summed E-state index contributed by atoms with van der Waals surface area (Å²) in [6, 6.07) is 7.79. The Kier molecular flexibility index (Phi) is 5.13. The van der Waals surface area contributed by atoms with Crippen molar-refractivity contribution in [2.45, 2.75) is 26.3 Å². The van der Waals surface area contributed by atoms with E-state index in [-0.39, 0.29) is 17.6 Å². The van der Waals surface area contributed by atoms with Crippen LogP contribution in [0.25, 0.3) is 0 Å². The van der Waals surface area contributed by atoms with Gasteiger partial charge < -0.3 is 9.64 Å². The molecule has 5 nitrogen and oxygen atoms in total. The third kappa shape index (κ3) is 3.75. The van der Waals surface area contributed by atoms with Crippen molar-refractivity contribution in [2.24, 2.45) is 5.92 Å². The highest BCUT2D eigenvalue weighted by molar-refractivity contribution is 5.92. The molecule has 0 spiro atoms. The quantitative estimate of drug-likeness (QED) is 0.846. The first kappa shape index (κ1) is 16.5. The maximum atomic E-state index is 12.9. The van der Waals surface area contributed by atoms with Gasteiger partial charge >= 0.3 is 0 Å². The number of carbonyl (C=O) groups is 1. The Balaban J connectivity index is 1.58. The molecule has 1 saturated heterocycles. The van der Waals surface area contributed by atoms with E-state index in [1.807, 2.05) is 11.8 Å². The Morgan fingerprint density at radius 2 is 2.12 bits per heavy atom. The second-order valence-electron chi connectivity index (χ2n) is 6.06. The van der Waals surface area contributed by atoms with Crippen molar-refractivity contribution in [2.75, 3.05) is 19.7 Å². The van der Waals surface area contributed by atoms with Crippen LogP contribution in [0.2, 0.25) is 0 Å². The van der Waals surface area contributed by atoms with Gasteiger partial charge in [-0.2, -0.15) is 5.10 Å². The van der Waals surface area contributed by atoms with Gasteiger partial charge in [0, 0.05) is 31.7 Å². The second kappa shape index (κ2) is 7.47. The van der Waals surface area contributed by atoms with Gasteiger partial charge in [-0.15, -0.1) is 0 Å². The van der Waals surface area contributed by atoms with Crippen molar-refractivity contribution >= 4 is 5.91 Å². The zero-order valence-electron chi connectivity index (χ0n) is 13.8. The van der Waals surface area contributed by atoms with E-state index in [0.717, 1.165) is 19.4 Å². The second-order valence-corrected chi connectivity index (χ2v) is 6.06. The molecule has 128 valence electrons. The van der Waals surface area contributed by atoms with Crippen LogP contribution in [-0.4, -0.2) is 40.3 Å². The molecule has 2 aromatic rings. The normalized spacial score (nSPS) is 17.8. The number of likely N-dealkylation sites (tertiary alicyclic amines) is 1. The maximum absolute atomic E-state index is 12.9. The average molecular weight is 331 g/mol. The molecule has 6 heteroatoms. The van der Waals surface area contributed by atoms with E-state index < -0.39 is 0 Å². The Bertz CT molecular complexity index is 684. The minimum absolute atomic E-state index is 0.0285. The average Bonchev–Trinajstić information content (AvgIpc) is 3.09. The maximum Gasteiger partial charge on any atom is 0.272 e. The number of rotatable bonds is 5. The number of nitrogens with zero attached hydrogens (tertiary/aromatic N) is 3. The number of aryl methyl sites for hydroxylation is 1. The van der Waals surface area contributed by atoms with Crippen molar-refractivity contribution in [1.82, 2.24) is 14.7 Å². The summed E-state index contributed by atoms with van der Waals surface area (Å²) in [6.07, 6.45) is 3.65. The lowest BCUT2D eigenvalue weighted by atomic mass is 9.98. The summed E-state index contributed by atoms with van der Waals surface area (Å²) in [6.45, 7) is 4.62. The van der Waals surface area contributed by atoms with Crippen molar-refractivity contribution in [3.8, 4) is 5.75 Å². The van der Waals surface area contributed by atoms with E-state index in [1.165, 1.54) is 12.1 Å². The highest BCUT2D eigenvalue weighted by Gasteiger charge is 2.26. The Hall–Kier alpha value is -2.37. The van der Waals surface area contributed by atoms with E-state index in [4.69, 9.17) is 4.74 Å². The zero-order chi connectivity index (χ0) is 16.9. The van der Waals surface area contributed by atoms with E-state index in [0.29, 0.717) is 31.1 Å². The van der Waals surface area contributed by atoms with Crippen LogP contribution < -0.4 is 4.74 Å². The van der Waals surface area contributed by atoms with Crippen LogP contribution >= 0.6 is 0 Å². The van der Waals surface area contributed by atoms with Crippen LogP contribution in [0.15, 0.2) is 36.5 Å². The zero-order valence-corrected chi connectivity index (χ0v) is 13.8. The number of carbonyl (C=O) groups excluding carboxylic acids is 1. The first-order valence-corrected chi connectivity index (χ1v) is 8.37. The molecule has 0 radical (unpaired) electrons. The first-order chi connectivity index (χ1) is 11.7. The summed E-state index contributed by atoms with van der Waals surface area (Å²) in [5, 5.41) is 4.17. The number of hydrogen-bond donors (Lipinski definition) is 0. The van der Waals surface area contributed by atoms with Gasteiger partial charge in [0.15, 0.2) is 0 Å². The number of piperidine rings is 1. The Labute approximate surface area is 141 Å². The molecule has 1 amide bonds. The van der Waals surface area contributed by atoms with Crippen molar-refractivity contribution in [1.29, 1.82) is 0 Å². The summed E-state index contributed by atoms with van der Waals surface area (Å²) in [4.78, 5) is 14.6. The molecule has 1 fully saturated rings. The topological polar surface area (TPSA) is 47.4 Å². The number of halogens is 1. The molecule has 0 N–H and O–H groups in total. The molecule has 1 aliphatic rings. The smallest absolute Gasteiger partial charge is 0.272 e. The van der Waals surface area contributed by atoms with E-state index in [2.05, 4.69) is 5.10 Å². The number of ether oxygens (including phenoxy) is 1. The highest BCUT2D eigenvalue weighted by atomic mass is 19.1. The molecule has 2 heterocycles. The fourth-order valence-electron chi connectivity index (χ4n) is 3.06. The summed E-state index contributed by atoms with van der Waals surface area (Å²) in [7, 11) is 0.